The summed E-state index contributed by atoms with van der Waals surface area (Å²) >= 11 is 0. The Bertz CT molecular complexity index is 295. The van der Waals surface area contributed by atoms with Gasteiger partial charge in [-0.15, -0.1) is 0 Å². The van der Waals surface area contributed by atoms with Crippen molar-refractivity contribution in [1.29, 1.82) is 0 Å². The fourth-order valence-electron chi connectivity index (χ4n) is 0.898. The first-order chi connectivity index (χ1) is 5.65. The van der Waals surface area contributed by atoms with E-state index >= 15 is 0 Å². The first kappa shape index (κ1) is 8.84. The zero-order valence-corrected chi connectivity index (χ0v) is 7.21. The zero-order valence-electron chi connectivity index (χ0n) is 7.21. The van der Waals surface area contributed by atoms with E-state index in [2.05, 4.69) is 16.5 Å². The Morgan fingerprint density at radius 2 is 2.25 bits per heavy atom. The van der Waals surface area contributed by atoms with Crippen molar-refractivity contribution in [2.45, 2.75) is 19.8 Å². The third kappa shape index (κ3) is 1.67. The molecule has 1 rings (SSSR count). The molecule has 64 valence electrons. The van der Waals surface area contributed by atoms with Crippen molar-refractivity contribution in [2.75, 3.05) is 0 Å². The molecule has 3 heteroatoms. The molecule has 0 radical (unpaired) electrons. The Balaban J connectivity index is 3.16. The molecule has 0 aromatic carbocycles. The summed E-state index contributed by atoms with van der Waals surface area (Å²) in [4.78, 5) is 7.72. The Kier molecular flexibility index (Phi) is 2.53. The van der Waals surface area contributed by atoms with Gasteiger partial charge in [0.05, 0.1) is 11.9 Å². The lowest BCUT2D eigenvalue weighted by Crippen LogP contribution is -2.01. The van der Waals surface area contributed by atoms with Crippen molar-refractivity contribution in [1.82, 2.24) is 9.97 Å². The van der Waals surface area contributed by atoms with Crippen LogP contribution in [0.2, 0.25) is 0 Å². The van der Waals surface area contributed by atoms with Gasteiger partial charge in [-0.1, -0.05) is 20.4 Å². The molecule has 0 atom stereocenters. The molecule has 1 aromatic heterocycles. The van der Waals surface area contributed by atoms with Crippen LogP contribution >= 0.6 is 0 Å². The lowest BCUT2D eigenvalue weighted by molar-refractivity contribution is 0.575. The average molecular weight is 166 g/mol. The molecule has 0 fully saturated rings. The molecule has 0 aliphatic rings. The second kappa shape index (κ2) is 3.43. The summed E-state index contributed by atoms with van der Waals surface area (Å²) in [5, 5.41) is 0. The molecule has 1 aromatic rings. The molecule has 0 unspecified atom stereocenters. The van der Waals surface area contributed by atoms with Crippen molar-refractivity contribution in [3.63, 3.8) is 0 Å². The largest absolute Gasteiger partial charge is 0.234 e. The molecule has 0 saturated carbocycles. The van der Waals surface area contributed by atoms with Crippen LogP contribution in [0.4, 0.5) is 4.39 Å². The normalized spacial score (nSPS) is 10.3. The Hall–Kier alpha value is -1.25. The first-order valence-electron chi connectivity index (χ1n) is 3.80. The van der Waals surface area contributed by atoms with E-state index in [1.165, 1.54) is 12.3 Å². The molecule has 0 aliphatic carbocycles. The molecular formula is C9H11FN2. The van der Waals surface area contributed by atoms with Crippen molar-refractivity contribution < 1.29 is 4.39 Å². The predicted octanol–water partition coefficient (Wildman–Crippen LogP) is 2.38. The number of halogens is 1. The molecule has 1 heterocycles. The van der Waals surface area contributed by atoms with E-state index in [0.717, 1.165) is 0 Å². The third-order valence-corrected chi connectivity index (χ3v) is 1.52. The maximum Gasteiger partial charge on any atom is 0.163 e. The molecular weight excluding hydrogens is 155 g/mol. The summed E-state index contributed by atoms with van der Waals surface area (Å²) in [7, 11) is 0. The number of nitrogens with zero attached hydrogens (tertiary/aromatic N) is 2. The van der Waals surface area contributed by atoms with E-state index in [9.17, 15) is 4.39 Å². The summed E-state index contributed by atoms with van der Waals surface area (Å²) in [6.07, 6.45) is 2.69. The van der Waals surface area contributed by atoms with Gasteiger partial charge in [0.25, 0.3) is 0 Å². The predicted molar refractivity (Wildman–Crippen MR) is 46.2 cm³/mol. The second-order valence-electron chi connectivity index (χ2n) is 2.82. The topological polar surface area (TPSA) is 25.8 Å². The van der Waals surface area contributed by atoms with Gasteiger partial charge in [0.1, 0.15) is 0 Å². The summed E-state index contributed by atoms with van der Waals surface area (Å²) in [5.41, 5.74) is 0.444. The van der Waals surface area contributed by atoms with Crippen LogP contribution in [0.3, 0.4) is 0 Å². The van der Waals surface area contributed by atoms with Crippen LogP contribution < -0.4 is 0 Å². The smallest absolute Gasteiger partial charge is 0.163 e. The van der Waals surface area contributed by atoms with E-state index in [-0.39, 0.29) is 11.7 Å². The van der Waals surface area contributed by atoms with E-state index in [1.807, 2.05) is 13.8 Å². The minimum atomic E-state index is -0.351. The van der Waals surface area contributed by atoms with Crippen LogP contribution in [0.25, 0.3) is 6.08 Å². The minimum absolute atomic E-state index is 0.0756. The average Bonchev–Trinajstić information content (AvgIpc) is 2.05. The summed E-state index contributed by atoms with van der Waals surface area (Å²) in [6.45, 7) is 7.29. The van der Waals surface area contributed by atoms with Crippen LogP contribution in [0.1, 0.15) is 31.3 Å². The number of hydrogen-bond donors (Lipinski definition) is 0. The highest BCUT2D eigenvalue weighted by Crippen LogP contribution is 2.14. The first-order valence-corrected chi connectivity index (χ1v) is 3.80. The molecule has 12 heavy (non-hydrogen) atoms. The lowest BCUT2D eigenvalue weighted by atomic mass is 10.1. The summed E-state index contributed by atoms with van der Waals surface area (Å²) in [5.74, 6) is 0.197. The van der Waals surface area contributed by atoms with Crippen LogP contribution in [0, 0.1) is 5.82 Å². The maximum absolute atomic E-state index is 13.0. The summed E-state index contributed by atoms with van der Waals surface area (Å²) < 4.78 is 13.0. The van der Waals surface area contributed by atoms with Crippen molar-refractivity contribution >= 4 is 6.08 Å². The number of rotatable bonds is 2. The monoisotopic (exact) mass is 166 g/mol. The highest BCUT2D eigenvalue weighted by Gasteiger charge is 2.08. The Labute approximate surface area is 71.2 Å². The van der Waals surface area contributed by atoms with Gasteiger partial charge in [-0.3, -0.25) is 0 Å². The maximum atomic E-state index is 13.0. The second-order valence-corrected chi connectivity index (χ2v) is 2.82. The molecule has 0 N–H and O–H groups in total. The zero-order chi connectivity index (χ0) is 9.14. The molecule has 0 saturated heterocycles. The van der Waals surface area contributed by atoms with Crippen molar-refractivity contribution in [2.24, 2.45) is 0 Å². The van der Waals surface area contributed by atoms with Crippen molar-refractivity contribution in [3.05, 3.63) is 30.1 Å². The van der Waals surface area contributed by atoms with E-state index < -0.39 is 0 Å². The van der Waals surface area contributed by atoms with Gasteiger partial charge < -0.3 is 0 Å². The van der Waals surface area contributed by atoms with Gasteiger partial charge >= 0.3 is 0 Å². The van der Waals surface area contributed by atoms with Gasteiger partial charge in [-0.2, -0.15) is 0 Å². The summed E-state index contributed by atoms with van der Waals surface area (Å²) in [6, 6.07) is 0. The van der Waals surface area contributed by atoms with Crippen LogP contribution in [0.5, 0.6) is 0 Å². The fraction of sp³-hybridized carbons (Fsp3) is 0.333. The molecule has 2 nitrogen and oxygen atoms in total. The van der Waals surface area contributed by atoms with Gasteiger partial charge in [0, 0.05) is 0 Å². The standard InChI is InChI=1S/C9H11FN2/c1-4-8-11-5-7(10)9(12-8)6(2)3/h4-6H,1H2,2-3H3. The Morgan fingerprint density at radius 3 is 2.75 bits per heavy atom. The van der Waals surface area contributed by atoms with Gasteiger partial charge in [0.15, 0.2) is 11.6 Å². The number of aromatic nitrogens is 2. The highest BCUT2D eigenvalue weighted by atomic mass is 19.1. The van der Waals surface area contributed by atoms with Gasteiger partial charge in [0.2, 0.25) is 0 Å². The Morgan fingerprint density at radius 1 is 1.58 bits per heavy atom. The molecule has 0 aliphatic heterocycles. The molecule has 0 bridgehead atoms. The lowest BCUT2D eigenvalue weighted by Gasteiger charge is -2.05. The fourth-order valence-corrected chi connectivity index (χ4v) is 0.898. The quantitative estimate of drug-likeness (QED) is 0.674. The van der Waals surface area contributed by atoms with Gasteiger partial charge in [-0.05, 0) is 12.0 Å². The SMILES string of the molecule is C=Cc1ncc(F)c(C(C)C)n1. The third-order valence-electron chi connectivity index (χ3n) is 1.52. The highest BCUT2D eigenvalue weighted by molar-refractivity contribution is 5.36. The van der Waals surface area contributed by atoms with Crippen molar-refractivity contribution in [3.8, 4) is 0 Å². The van der Waals surface area contributed by atoms with Crippen LogP contribution in [0.15, 0.2) is 12.8 Å². The minimum Gasteiger partial charge on any atom is -0.234 e. The van der Waals surface area contributed by atoms with E-state index in [1.54, 1.807) is 0 Å². The number of hydrogen-bond acceptors (Lipinski definition) is 2. The van der Waals surface area contributed by atoms with E-state index in [0.29, 0.717) is 11.5 Å². The van der Waals surface area contributed by atoms with Gasteiger partial charge in [-0.25, -0.2) is 14.4 Å². The molecule has 0 amide bonds. The van der Waals surface area contributed by atoms with E-state index in [4.69, 9.17) is 0 Å². The molecule has 0 spiro atoms. The van der Waals surface area contributed by atoms with Crippen LogP contribution in [-0.2, 0) is 0 Å². The van der Waals surface area contributed by atoms with Crippen LogP contribution in [-0.4, -0.2) is 9.97 Å².